The van der Waals surface area contributed by atoms with Gasteiger partial charge in [-0.1, -0.05) is 12.1 Å². The lowest BCUT2D eigenvalue weighted by molar-refractivity contribution is -0.128. The standard InChI is InChI=1S/C23H26N2O4/c1-3-28-21-12-18-10-15(2)29-20(18)13-19(21)24-23(27)17-7-4-6-16(11-17)14-25-9-5-8-22(25)26/h4,6-7,11-13,15H,3,5,8-10,14H2,1-2H3,(H,24,27)/t15-/m1/s1. The van der Waals surface area contributed by atoms with E-state index in [4.69, 9.17) is 9.47 Å². The third-order valence-corrected chi connectivity index (χ3v) is 5.28. The Bertz CT molecular complexity index is 940. The maximum Gasteiger partial charge on any atom is 0.255 e. The van der Waals surface area contributed by atoms with Crippen LogP contribution in [0.5, 0.6) is 11.5 Å². The van der Waals surface area contributed by atoms with Crippen LogP contribution in [0.25, 0.3) is 0 Å². The molecule has 152 valence electrons. The number of benzene rings is 2. The van der Waals surface area contributed by atoms with Gasteiger partial charge >= 0.3 is 0 Å². The molecule has 0 bridgehead atoms. The van der Waals surface area contributed by atoms with Gasteiger partial charge in [-0.25, -0.2) is 0 Å². The number of amides is 2. The Morgan fingerprint density at radius 3 is 2.93 bits per heavy atom. The highest BCUT2D eigenvalue weighted by Crippen LogP contribution is 2.38. The zero-order valence-electron chi connectivity index (χ0n) is 16.9. The number of likely N-dealkylation sites (tertiary alicyclic amines) is 1. The van der Waals surface area contributed by atoms with E-state index in [-0.39, 0.29) is 17.9 Å². The van der Waals surface area contributed by atoms with Crippen LogP contribution in [0.15, 0.2) is 36.4 Å². The topological polar surface area (TPSA) is 67.9 Å². The van der Waals surface area contributed by atoms with E-state index in [1.54, 1.807) is 6.07 Å². The molecule has 4 rings (SSSR count). The first kappa shape index (κ1) is 19.3. The molecule has 0 spiro atoms. The van der Waals surface area contributed by atoms with Crippen LogP contribution >= 0.6 is 0 Å². The van der Waals surface area contributed by atoms with E-state index in [1.807, 2.05) is 49.1 Å². The molecule has 2 aromatic carbocycles. The summed E-state index contributed by atoms with van der Waals surface area (Å²) in [6, 6.07) is 11.2. The Balaban J connectivity index is 1.53. The molecule has 0 saturated carbocycles. The van der Waals surface area contributed by atoms with E-state index >= 15 is 0 Å². The van der Waals surface area contributed by atoms with E-state index in [9.17, 15) is 9.59 Å². The quantitative estimate of drug-likeness (QED) is 0.810. The third-order valence-electron chi connectivity index (χ3n) is 5.28. The van der Waals surface area contributed by atoms with Gasteiger partial charge in [0.15, 0.2) is 0 Å². The van der Waals surface area contributed by atoms with Crippen molar-refractivity contribution in [3.05, 3.63) is 53.1 Å². The molecule has 1 atom stereocenters. The average molecular weight is 394 g/mol. The highest BCUT2D eigenvalue weighted by molar-refractivity contribution is 6.05. The molecule has 2 aliphatic rings. The summed E-state index contributed by atoms with van der Waals surface area (Å²) >= 11 is 0. The van der Waals surface area contributed by atoms with Crippen molar-refractivity contribution in [1.82, 2.24) is 4.90 Å². The van der Waals surface area contributed by atoms with Crippen molar-refractivity contribution in [2.24, 2.45) is 0 Å². The van der Waals surface area contributed by atoms with Gasteiger partial charge in [-0.2, -0.15) is 0 Å². The first-order chi connectivity index (χ1) is 14.0. The Hall–Kier alpha value is -3.02. The summed E-state index contributed by atoms with van der Waals surface area (Å²) in [7, 11) is 0. The van der Waals surface area contributed by atoms with Crippen molar-refractivity contribution in [3.8, 4) is 11.5 Å². The van der Waals surface area contributed by atoms with Gasteiger partial charge in [0.2, 0.25) is 5.91 Å². The van der Waals surface area contributed by atoms with Crippen molar-refractivity contribution in [3.63, 3.8) is 0 Å². The largest absolute Gasteiger partial charge is 0.492 e. The first-order valence-corrected chi connectivity index (χ1v) is 10.2. The fourth-order valence-electron chi connectivity index (χ4n) is 3.91. The van der Waals surface area contributed by atoms with E-state index in [0.29, 0.717) is 36.6 Å². The lowest BCUT2D eigenvalue weighted by Crippen LogP contribution is -2.24. The normalized spacial score (nSPS) is 17.8. The minimum Gasteiger partial charge on any atom is -0.492 e. The molecule has 6 heteroatoms. The zero-order chi connectivity index (χ0) is 20.4. The van der Waals surface area contributed by atoms with Crippen molar-refractivity contribution < 1.29 is 19.1 Å². The smallest absolute Gasteiger partial charge is 0.255 e. The number of nitrogens with zero attached hydrogens (tertiary/aromatic N) is 1. The number of hydrogen-bond acceptors (Lipinski definition) is 4. The predicted molar refractivity (Wildman–Crippen MR) is 110 cm³/mol. The summed E-state index contributed by atoms with van der Waals surface area (Å²) in [4.78, 5) is 26.6. The second kappa shape index (κ2) is 8.15. The zero-order valence-corrected chi connectivity index (χ0v) is 16.9. The van der Waals surface area contributed by atoms with E-state index in [2.05, 4.69) is 5.32 Å². The maximum absolute atomic E-state index is 12.9. The highest BCUT2D eigenvalue weighted by Gasteiger charge is 2.23. The highest BCUT2D eigenvalue weighted by atomic mass is 16.5. The van der Waals surface area contributed by atoms with Crippen LogP contribution < -0.4 is 14.8 Å². The molecule has 1 saturated heterocycles. The number of carbonyl (C=O) groups is 2. The molecule has 0 unspecified atom stereocenters. The molecule has 0 aliphatic carbocycles. The Kier molecular flexibility index (Phi) is 5.43. The Labute approximate surface area is 170 Å². The second-order valence-corrected chi connectivity index (χ2v) is 7.60. The molecule has 2 heterocycles. The van der Waals surface area contributed by atoms with Crippen molar-refractivity contribution >= 4 is 17.5 Å². The third kappa shape index (κ3) is 4.21. The van der Waals surface area contributed by atoms with Gasteiger partial charge in [0.1, 0.15) is 17.6 Å². The number of rotatable bonds is 6. The second-order valence-electron chi connectivity index (χ2n) is 7.60. The van der Waals surface area contributed by atoms with E-state index < -0.39 is 0 Å². The molecule has 0 aromatic heterocycles. The summed E-state index contributed by atoms with van der Waals surface area (Å²) in [6.07, 6.45) is 2.47. The summed E-state index contributed by atoms with van der Waals surface area (Å²) in [6.45, 7) is 5.77. The number of hydrogen-bond donors (Lipinski definition) is 1. The number of ether oxygens (including phenoxy) is 2. The van der Waals surface area contributed by atoms with Crippen molar-refractivity contribution in [2.45, 2.75) is 45.8 Å². The number of nitrogens with one attached hydrogen (secondary N) is 1. The molecular formula is C23H26N2O4. The molecule has 1 N–H and O–H groups in total. The van der Waals surface area contributed by atoms with Gasteiger partial charge in [-0.05, 0) is 44.0 Å². The molecule has 29 heavy (non-hydrogen) atoms. The van der Waals surface area contributed by atoms with Gasteiger partial charge in [-0.3, -0.25) is 9.59 Å². The summed E-state index contributed by atoms with van der Waals surface area (Å²) < 4.78 is 11.6. The number of anilines is 1. The van der Waals surface area contributed by atoms with Gasteiger partial charge in [0.05, 0.1) is 12.3 Å². The summed E-state index contributed by atoms with van der Waals surface area (Å²) in [5.41, 5.74) is 3.19. The van der Waals surface area contributed by atoms with Gasteiger partial charge in [0.25, 0.3) is 5.91 Å². The van der Waals surface area contributed by atoms with Gasteiger partial charge < -0.3 is 19.7 Å². The fraction of sp³-hybridized carbons (Fsp3) is 0.391. The lowest BCUT2D eigenvalue weighted by atomic mass is 10.1. The van der Waals surface area contributed by atoms with Crippen LogP contribution in [0.3, 0.4) is 0 Å². The lowest BCUT2D eigenvalue weighted by Gasteiger charge is -2.16. The minimum atomic E-state index is -0.216. The molecule has 2 amide bonds. The van der Waals surface area contributed by atoms with Crippen LogP contribution in [0, 0.1) is 0 Å². The Morgan fingerprint density at radius 2 is 2.17 bits per heavy atom. The van der Waals surface area contributed by atoms with Crippen molar-refractivity contribution in [1.29, 1.82) is 0 Å². The SMILES string of the molecule is CCOc1cc2c(cc1NC(=O)c1cccc(CN3CCCC3=O)c1)O[C@H](C)C2. The maximum atomic E-state index is 12.9. The predicted octanol–water partition coefficient (Wildman–Crippen LogP) is 3.78. The van der Waals surface area contributed by atoms with Crippen LogP contribution in [0.4, 0.5) is 5.69 Å². The molecule has 2 aromatic rings. The van der Waals surface area contributed by atoms with Gasteiger partial charge in [-0.15, -0.1) is 0 Å². The van der Waals surface area contributed by atoms with E-state index in [1.165, 1.54) is 0 Å². The molecule has 0 radical (unpaired) electrons. The molecule has 2 aliphatic heterocycles. The Morgan fingerprint density at radius 1 is 1.31 bits per heavy atom. The monoisotopic (exact) mass is 394 g/mol. The molecular weight excluding hydrogens is 368 g/mol. The van der Waals surface area contributed by atoms with Crippen molar-refractivity contribution in [2.75, 3.05) is 18.5 Å². The first-order valence-electron chi connectivity index (χ1n) is 10.2. The van der Waals surface area contributed by atoms with E-state index in [0.717, 1.165) is 36.3 Å². The van der Waals surface area contributed by atoms with Gasteiger partial charge in [0, 0.05) is 43.1 Å². The van der Waals surface area contributed by atoms with Crippen LogP contribution in [-0.2, 0) is 17.8 Å². The number of fused-ring (bicyclic) bond motifs is 1. The number of carbonyl (C=O) groups excluding carboxylic acids is 2. The summed E-state index contributed by atoms with van der Waals surface area (Å²) in [5.74, 6) is 1.40. The van der Waals surface area contributed by atoms with Crippen LogP contribution in [0.1, 0.15) is 48.2 Å². The minimum absolute atomic E-state index is 0.121. The van der Waals surface area contributed by atoms with Crippen LogP contribution in [0.2, 0.25) is 0 Å². The summed E-state index contributed by atoms with van der Waals surface area (Å²) in [5, 5.41) is 2.96. The molecule has 1 fully saturated rings. The fourth-order valence-corrected chi connectivity index (χ4v) is 3.91. The molecule has 6 nitrogen and oxygen atoms in total. The average Bonchev–Trinajstić information content (AvgIpc) is 3.26. The van der Waals surface area contributed by atoms with Crippen LogP contribution in [-0.4, -0.2) is 36.0 Å².